The number of methoxy groups -OCH3 is 1. The summed E-state index contributed by atoms with van der Waals surface area (Å²) in [6, 6.07) is 9.64. The Bertz CT molecular complexity index is 344. The van der Waals surface area contributed by atoms with E-state index in [-0.39, 0.29) is 5.91 Å². The number of para-hydroxylation sites is 1. The molecule has 1 rings (SSSR count). The molecule has 0 heterocycles. The van der Waals surface area contributed by atoms with Gasteiger partial charge in [-0.05, 0) is 18.6 Å². The minimum absolute atomic E-state index is 0.00388. The average Bonchev–Trinajstić information content (AvgIpc) is 2.44. The van der Waals surface area contributed by atoms with Crippen molar-refractivity contribution in [2.24, 2.45) is 0 Å². The highest BCUT2D eigenvalue weighted by atomic mass is 16.5. The number of hydrogen-bond acceptors (Lipinski definition) is 4. The van der Waals surface area contributed by atoms with Gasteiger partial charge in [-0.1, -0.05) is 18.2 Å². The lowest BCUT2D eigenvalue weighted by Gasteiger charge is -2.08. The highest BCUT2D eigenvalue weighted by molar-refractivity contribution is 5.77. The molecule has 0 unspecified atom stereocenters. The van der Waals surface area contributed by atoms with E-state index >= 15 is 0 Å². The lowest BCUT2D eigenvalue weighted by Crippen LogP contribution is -2.35. The highest BCUT2D eigenvalue weighted by Crippen LogP contribution is 2.07. The van der Waals surface area contributed by atoms with Crippen molar-refractivity contribution in [2.45, 2.75) is 6.42 Å². The van der Waals surface area contributed by atoms with E-state index in [1.165, 1.54) is 0 Å². The van der Waals surface area contributed by atoms with Crippen LogP contribution < -0.4 is 15.4 Å². The summed E-state index contributed by atoms with van der Waals surface area (Å²) >= 11 is 0. The van der Waals surface area contributed by atoms with E-state index in [2.05, 4.69) is 10.6 Å². The number of rotatable bonds is 10. The molecule has 106 valence electrons. The van der Waals surface area contributed by atoms with Gasteiger partial charge in [0.25, 0.3) is 0 Å². The van der Waals surface area contributed by atoms with Crippen molar-refractivity contribution in [1.82, 2.24) is 10.6 Å². The standard InChI is InChI=1S/C14H22N2O3/c1-18-11-9-15-12-14(17)16-8-5-10-19-13-6-3-2-4-7-13/h2-4,6-7,15H,5,8-12H2,1H3,(H,16,17). The summed E-state index contributed by atoms with van der Waals surface area (Å²) in [5.74, 6) is 0.853. The second-order valence-electron chi connectivity index (χ2n) is 4.03. The van der Waals surface area contributed by atoms with E-state index in [0.717, 1.165) is 12.2 Å². The van der Waals surface area contributed by atoms with Gasteiger partial charge >= 0.3 is 0 Å². The second-order valence-corrected chi connectivity index (χ2v) is 4.03. The summed E-state index contributed by atoms with van der Waals surface area (Å²) in [5.41, 5.74) is 0. The number of carbonyl (C=O) groups excluding carboxylic acids is 1. The molecule has 19 heavy (non-hydrogen) atoms. The Kier molecular flexibility index (Phi) is 8.42. The first-order valence-electron chi connectivity index (χ1n) is 6.47. The summed E-state index contributed by atoms with van der Waals surface area (Å²) in [6.07, 6.45) is 0.790. The number of ether oxygens (including phenoxy) is 2. The van der Waals surface area contributed by atoms with E-state index in [9.17, 15) is 4.79 Å². The van der Waals surface area contributed by atoms with E-state index < -0.39 is 0 Å². The average molecular weight is 266 g/mol. The third kappa shape index (κ3) is 8.18. The quantitative estimate of drug-likeness (QED) is 0.615. The maximum atomic E-state index is 11.4. The van der Waals surface area contributed by atoms with Gasteiger partial charge in [-0.25, -0.2) is 0 Å². The van der Waals surface area contributed by atoms with Gasteiger partial charge in [-0.3, -0.25) is 4.79 Å². The van der Waals surface area contributed by atoms with Gasteiger partial charge in [0.05, 0.1) is 19.8 Å². The van der Waals surface area contributed by atoms with Crippen molar-refractivity contribution in [3.8, 4) is 5.75 Å². The molecule has 1 aromatic rings. The van der Waals surface area contributed by atoms with E-state index in [0.29, 0.717) is 32.8 Å². The highest BCUT2D eigenvalue weighted by Gasteiger charge is 1.99. The lowest BCUT2D eigenvalue weighted by molar-refractivity contribution is -0.120. The van der Waals surface area contributed by atoms with Crippen LogP contribution in [-0.2, 0) is 9.53 Å². The van der Waals surface area contributed by atoms with Gasteiger partial charge in [-0.15, -0.1) is 0 Å². The maximum Gasteiger partial charge on any atom is 0.233 e. The van der Waals surface area contributed by atoms with Crippen molar-refractivity contribution in [3.05, 3.63) is 30.3 Å². The summed E-state index contributed by atoms with van der Waals surface area (Å²) < 4.78 is 10.4. The zero-order chi connectivity index (χ0) is 13.8. The van der Waals surface area contributed by atoms with Crippen LogP contribution in [0.2, 0.25) is 0 Å². The number of benzene rings is 1. The van der Waals surface area contributed by atoms with E-state index in [4.69, 9.17) is 9.47 Å². The van der Waals surface area contributed by atoms with Crippen LogP contribution in [0.1, 0.15) is 6.42 Å². The van der Waals surface area contributed by atoms with Crippen LogP contribution in [0.4, 0.5) is 0 Å². The van der Waals surface area contributed by atoms with Crippen molar-refractivity contribution >= 4 is 5.91 Å². The van der Waals surface area contributed by atoms with E-state index in [1.807, 2.05) is 30.3 Å². The molecule has 0 bridgehead atoms. The topological polar surface area (TPSA) is 59.6 Å². The number of nitrogens with one attached hydrogen (secondary N) is 2. The molecule has 0 radical (unpaired) electrons. The number of amides is 1. The Balaban J connectivity index is 1.94. The third-order valence-electron chi connectivity index (χ3n) is 2.42. The predicted octanol–water partition coefficient (Wildman–Crippen LogP) is 0.808. The van der Waals surface area contributed by atoms with Crippen LogP contribution in [0.15, 0.2) is 30.3 Å². The van der Waals surface area contributed by atoms with Crippen molar-refractivity contribution in [3.63, 3.8) is 0 Å². The molecule has 5 heteroatoms. The lowest BCUT2D eigenvalue weighted by atomic mass is 10.3. The molecule has 2 N–H and O–H groups in total. The number of hydrogen-bond donors (Lipinski definition) is 2. The molecule has 0 spiro atoms. The van der Waals surface area contributed by atoms with Crippen LogP contribution in [0, 0.1) is 0 Å². The Hall–Kier alpha value is -1.59. The second kappa shape index (κ2) is 10.3. The Morgan fingerprint density at radius 1 is 1.16 bits per heavy atom. The maximum absolute atomic E-state index is 11.4. The minimum atomic E-state index is -0.00388. The van der Waals surface area contributed by atoms with Gasteiger partial charge in [0.1, 0.15) is 5.75 Å². The minimum Gasteiger partial charge on any atom is -0.494 e. The summed E-state index contributed by atoms with van der Waals surface area (Å²) in [4.78, 5) is 11.4. The van der Waals surface area contributed by atoms with Gasteiger partial charge in [0.15, 0.2) is 0 Å². The summed E-state index contributed by atoms with van der Waals surface area (Å²) in [5, 5.41) is 5.81. The van der Waals surface area contributed by atoms with Crippen LogP contribution in [0.5, 0.6) is 5.75 Å². The largest absolute Gasteiger partial charge is 0.494 e. The molecular formula is C14H22N2O3. The molecule has 1 aromatic carbocycles. The Morgan fingerprint density at radius 3 is 2.68 bits per heavy atom. The van der Waals surface area contributed by atoms with Gasteiger partial charge < -0.3 is 20.1 Å². The van der Waals surface area contributed by atoms with Gasteiger partial charge in [0.2, 0.25) is 5.91 Å². The normalized spacial score (nSPS) is 10.2. The molecule has 0 aliphatic heterocycles. The molecule has 0 atom stereocenters. The van der Waals surface area contributed by atoms with Gasteiger partial charge in [0, 0.05) is 20.2 Å². The van der Waals surface area contributed by atoms with Crippen LogP contribution in [0.3, 0.4) is 0 Å². The molecule has 1 amide bonds. The molecule has 0 saturated carbocycles. The first kappa shape index (κ1) is 15.5. The summed E-state index contributed by atoms with van der Waals surface area (Å²) in [7, 11) is 1.63. The fourth-order valence-electron chi connectivity index (χ4n) is 1.45. The van der Waals surface area contributed by atoms with Crippen molar-refractivity contribution in [2.75, 3.05) is 40.0 Å². The fourth-order valence-corrected chi connectivity index (χ4v) is 1.45. The zero-order valence-electron chi connectivity index (χ0n) is 11.4. The van der Waals surface area contributed by atoms with Crippen LogP contribution in [0.25, 0.3) is 0 Å². The summed E-state index contributed by atoms with van der Waals surface area (Å²) in [6.45, 7) is 2.83. The Morgan fingerprint density at radius 2 is 1.95 bits per heavy atom. The monoisotopic (exact) mass is 266 g/mol. The SMILES string of the molecule is COCCNCC(=O)NCCCOc1ccccc1. The Labute approximate surface area is 114 Å². The first-order chi connectivity index (χ1) is 9.33. The predicted molar refractivity (Wildman–Crippen MR) is 74.3 cm³/mol. The molecule has 5 nitrogen and oxygen atoms in total. The van der Waals surface area contributed by atoms with Crippen LogP contribution >= 0.6 is 0 Å². The smallest absolute Gasteiger partial charge is 0.233 e. The fraction of sp³-hybridized carbons (Fsp3) is 0.500. The number of carbonyl (C=O) groups is 1. The van der Waals surface area contributed by atoms with Crippen molar-refractivity contribution in [1.29, 1.82) is 0 Å². The molecule has 0 fully saturated rings. The zero-order valence-corrected chi connectivity index (χ0v) is 11.4. The molecule has 0 aliphatic carbocycles. The molecule has 0 aromatic heterocycles. The van der Waals surface area contributed by atoms with Gasteiger partial charge in [-0.2, -0.15) is 0 Å². The molecule has 0 aliphatic rings. The van der Waals surface area contributed by atoms with E-state index in [1.54, 1.807) is 7.11 Å². The molecule has 0 saturated heterocycles. The van der Waals surface area contributed by atoms with Crippen LogP contribution in [-0.4, -0.2) is 45.9 Å². The van der Waals surface area contributed by atoms with Crippen molar-refractivity contribution < 1.29 is 14.3 Å². The first-order valence-corrected chi connectivity index (χ1v) is 6.47. The molecular weight excluding hydrogens is 244 g/mol. The third-order valence-corrected chi connectivity index (χ3v) is 2.42.